The molecule has 1 saturated heterocycles. The average Bonchev–Trinajstić information content (AvgIpc) is 3.06. The standard InChI is InChI=1S/C13H19N5O/c1-9-6-15-12(16-9)13-14-4-5-18(13)10-7-17(2)8-11(10)19-3/h4-6,10-11H,7-8H2,1-3H3,(H,15,16)/t10-,11-/m1/s1. The normalized spacial score (nSPS) is 24.2. The Balaban J connectivity index is 1.96. The van der Waals surface area contributed by atoms with Gasteiger partial charge in [-0.1, -0.05) is 0 Å². The average molecular weight is 261 g/mol. The van der Waals surface area contributed by atoms with Crippen molar-refractivity contribution in [2.45, 2.75) is 19.1 Å². The van der Waals surface area contributed by atoms with Gasteiger partial charge in [0.05, 0.1) is 12.1 Å². The molecule has 1 N–H and O–H groups in total. The number of likely N-dealkylation sites (tertiary alicyclic amines) is 1. The van der Waals surface area contributed by atoms with E-state index in [-0.39, 0.29) is 12.1 Å². The molecule has 0 aromatic carbocycles. The topological polar surface area (TPSA) is 59.0 Å². The van der Waals surface area contributed by atoms with Crippen LogP contribution in [0, 0.1) is 6.92 Å². The SMILES string of the molecule is CO[C@@H]1CN(C)C[C@H]1n1ccnc1-c1ncc(C)[nH]1. The zero-order chi connectivity index (χ0) is 13.4. The molecule has 1 aliphatic heterocycles. The van der Waals surface area contributed by atoms with Crippen molar-refractivity contribution >= 4 is 0 Å². The molecule has 102 valence electrons. The van der Waals surface area contributed by atoms with Gasteiger partial charge in [-0.25, -0.2) is 9.97 Å². The zero-order valence-corrected chi connectivity index (χ0v) is 11.5. The zero-order valence-electron chi connectivity index (χ0n) is 11.5. The second-order valence-corrected chi connectivity index (χ2v) is 5.14. The third kappa shape index (κ3) is 2.17. The molecule has 3 rings (SSSR count). The molecule has 0 radical (unpaired) electrons. The highest BCUT2D eigenvalue weighted by molar-refractivity contribution is 5.44. The van der Waals surface area contributed by atoms with E-state index in [0.717, 1.165) is 30.4 Å². The van der Waals surface area contributed by atoms with E-state index < -0.39 is 0 Å². The maximum absolute atomic E-state index is 5.59. The molecule has 6 nitrogen and oxygen atoms in total. The Bertz CT molecular complexity index is 561. The van der Waals surface area contributed by atoms with Gasteiger partial charge < -0.3 is 19.2 Å². The number of ether oxygens (including phenoxy) is 1. The van der Waals surface area contributed by atoms with E-state index in [0.29, 0.717) is 0 Å². The van der Waals surface area contributed by atoms with Gasteiger partial charge >= 0.3 is 0 Å². The van der Waals surface area contributed by atoms with E-state index in [4.69, 9.17) is 4.74 Å². The summed E-state index contributed by atoms with van der Waals surface area (Å²) in [6, 6.07) is 0.276. The van der Waals surface area contributed by atoms with Crippen LogP contribution in [0.15, 0.2) is 18.6 Å². The molecule has 2 atom stereocenters. The molecule has 0 aliphatic carbocycles. The highest BCUT2D eigenvalue weighted by Crippen LogP contribution is 2.27. The Morgan fingerprint density at radius 1 is 1.37 bits per heavy atom. The van der Waals surface area contributed by atoms with Crippen molar-refractivity contribution in [3.05, 3.63) is 24.3 Å². The predicted molar refractivity (Wildman–Crippen MR) is 71.9 cm³/mol. The lowest BCUT2D eigenvalue weighted by atomic mass is 10.2. The number of nitrogens with one attached hydrogen (secondary N) is 1. The largest absolute Gasteiger partial charge is 0.378 e. The molecular weight excluding hydrogens is 242 g/mol. The smallest absolute Gasteiger partial charge is 0.176 e. The first-order chi connectivity index (χ1) is 9.19. The molecule has 0 saturated carbocycles. The van der Waals surface area contributed by atoms with E-state index in [2.05, 4.69) is 31.5 Å². The fraction of sp³-hybridized carbons (Fsp3) is 0.538. The highest BCUT2D eigenvalue weighted by atomic mass is 16.5. The van der Waals surface area contributed by atoms with Gasteiger partial charge in [0.1, 0.15) is 0 Å². The second-order valence-electron chi connectivity index (χ2n) is 5.14. The molecule has 2 aromatic rings. The summed E-state index contributed by atoms with van der Waals surface area (Å²) in [6.45, 7) is 3.89. The van der Waals surface area contributed by atoms with Gasteiger partial charge in [0.15, 0.2) is 11.6 Å². The summed E-state index contributed by atoms with van der Waals surface area (Å²) in [4.78, 5) is 14.3. The van der Waals surface area contributed by atoms with Crippen molar-refractivity contribution in [1.29, 1.82) is 0 Å². The number of aromatic amines is 1. The number of hydrogen-bond donors (Lipinski definition) is 1. The summed E-state index contributed by atoms with van der Waals surface area (Å²) in [6.07, 6.45) is 5.83. The van der Waals surface area contributed by atoms with Crippen LogP contribution in [0.2, 0.25) is 0 Å². The number of imidazole rings is 2. The molecule has 3 heterocycles. The first-order valence-corrected chi connectivity index (χ1v) is 6.45. The van der Waals surface area contributed by atoms with Crippen LogP contribution in [-0.2, 0) is 4.74 Å². The van der Waals surface area contributed by atoms with Gasteiger partial charge in [0, 0.05) is 44.5 Å². The van der Waals surface area contributed by atoms with Crippen LogP contribution in [0.1, 0.15) is 11.7 Å². The second kappa shape index (κ2) is 4.79. The quantitative estimate of drug-likeness (QED) is 0.898. The molecule has 6 heteroatoms. The van der Waals surface area contributed by atoms with Gasteiger partial charge in [0.2, 0.25) is 0 Å². The lowest BCUT2D eigenvalue weighted by Crippen LogP contribution is -2.24. The first-order valence-electron chi connectivity index (χ1n) is 6.45. The van der Waals surface area contributed by atoms with Gasteiger partial charge in [-0.05, 0) is 14.0 Å². The summed E-state index contributed by atoms with van der Waals surface area (Å²) >= 11 is 0. The van der Waals surface area contributed by atoms with Crippen LogP contribution < -0.4 is 0 Å². The van der Waals surface area contributed by atoms with E-state index >= 15 is 0 Å². The Morgan fingerprint density at radius 2 is 2.21 bits per heavy atom. The van der Waals surface area contributed by atoms with E-state index in [1.807, 2.05) is 25.5 Å². The third-order valence-electron chi connectivity index (χ3n) is 3.66. The lowest BCUT2D eigenvalue weighted by Gasteiger charge is -2.20. The van der Waals surface area contributed by atoms with Crippen LogP contribution in [0.25, 0.3) is 11.6 Å². The van der Waals surface area contributed by atoms with Gasteiger partial charge in [-0.3, -0.25) is 0 Å². The molecule has 19 heavy (non-hydrogen) atoms. The van der Waals surface area contributed by atoms with Gasteiger partial charge in [0.25, 0.3) is 0 Å². The van der Waals surface area contributed by atoms with E-state index in [1.165, 1.54) is 0 Å². The van der Waals surface area contributed by atoms with Crippen molar-refractivity contribution < 1.29 is 4.74 Å². The number of methoxy groups -OCH3 is 1. The van der Waals surface area contributed by atoms with Crippen LogP contribution in [-0.4, -0.2) is 57.8 Å². The molecular formula is C13H19N5O. The Morgan fingerprint density at radius 3 is 2.89 bits per heavy atom. The number of rotatable bonds is 3. The predicted octanol–water partition coefficient (Wildman–Crippen LogP) is 1.08. The summed E-state index contributed by atoms with van der Waals surface area (Å²) in [5, 5.41) is 0. The summed E-state index contributed by atoms with van der Waals surface area (Å²) in [7, 11) is 3.88. The number of aryl methyl sites for hydroxylation is 1. The fourth-order valence-corrected chi connectivity index (χ4v) is 2.73. The highest BCUT2D eigenvalue weighted by Gasteiger charge is 2.33. The van der Waals surface area contributed by atoms with Crippen molar-refractivity contribution in [2.75, 3.05) is 27.2 Å². The van der Waals surface area contributed by atoms with Gasteiger partial charge in [-0.2, -0.15) is 0 Å². The number of hydrogen-bond acceptors (Lipinski definition) is 4. The van der Waals surface area contributed by atoms with Crippen LogP contribution >= 0.6 is 0 Å². The minimum absolute atomic E-state index is 0.189. The molecule has 2 aromatic heterocycles. The summed E-state index contributed by atoms with van der Waals surface area (Å²) < 4.78 is 7.76. The van der Waals surface area contributed by atoms with Crippen molar-refractivity contribution in [1.82, 2.24) is 24.4 Å². The number of aromatic nitrogens is 4. The minimum Gasteiger partial charge on any atom is -0.378 e. The number of nitrogens with zero attached hydrogens (tertiary/aromatic N) is 4. The van der Waals surface area contributed by atoms with Crippen LogP contribution in [0.5, 0.6) is 0 Å². The Hall–Kier alpha value is -1.66. The van der Waals surface area contributed by atoms with E-state index in [9.17, 15) is 0 Å². The first kappa shape index (κ1) is 12.4. The fourth-order valence-electron chi connectivity index (χ4n) is 2.73. The van der Waals surface area contributed by atoms with Crippen molar-refractivity contribution in [3.63, 3.8) is 0 Å². The van der Waals surface area contributed by atoms with E-state index in [1.54, 1.807) is 7.11 Å². The maximum Gasteiger partial charge on any atom is 0.176 e. The molecule has 0 amide bonds. The van der Waals surface area contributed by atoms with Crippen molar-refractivity contribution in [3.8, 4) is 11.6 Å². The lowest BCUT2D eigenvalue weighted by molar-refractivity contribution is 0.0832. The molecule has 0 unspecified atom stereocenters. The Kier molecular flexibility index (Phi) is 3.12. The molecule has 1 fully saturated rings. The minimum atomic E-state index is 0.189. The van der Waals surface area contributed by atoms with Crippen molar-refractivity contribution in [2.24, 2.45) is 0 Å². The summed E-state index contributed by atoms with van der Waals surface area (Å²) in [5.41, 5.74) is 1.04. The van der Waals surface area contributed by atoms with Crippen LogP contribution in [0.4, 0.5) is 0 Å². The number of H-pyrrole nitrogens is 1. The molecule has 1 aliphatic rings. The van der Waals surface area contributed by atoms with Gasteiger partial charge in [-0.15, -0.1) is 0 Å². The monoisotopic (exact) mass is 261 g/mol. The third-order valence-corrected chi connectivity index (χ3v) is 3.66. The Labute approximate surface area is 112 Å². The molecule has 0 spiro atoms. The summed E-state index contributed by atoms with van der Waals surface area (Å²) in [5.74, 6) is 1.68. The van der Waals surface area contributed by atoms with Crippen LogP contribution in [0.3, 0.4) is 0 Å². The maximum atomic E-state index is 5.59. The molecule has 0 bridgehead atoms. The number of likely N-dealkylation sites (N-methyl/N-ethyl adjacent to an activating group) is 1.